The Kier molecular flexibility index (Phi) is 5.22. The lowest BCUT2D eigenvalue weighted by Crippen LogP contribution is -2.44. The lowest BCUT2D eigenvalue weighted by molar-refractivity contribution is 0.0758. The van der Waals surface area contributed by atoms with E-state index < -0.39 is 0 Å². The number of ketones is 1. The summed E-state index contributed by atoms with van der Waals surface area (Å²) in [5.41, 5.74) is 0.709. The molecule has 2 rings (SSSR count). The molecule has 1 aromatic carbocycles. The van der Waals surface area contributed by atoms with E-state index in [0.717, 1.165) is 5.92 Å². The minimum atomic E-state index is -0.0909. The number of hydrogen-bond acceptors (Lipinski definition) is 2. The summed E-state index contributed by atoms with van der Waals surface area (Å²) < 4.78 is 0. The Hall–Kier alpha value is -0.860. The van der Waals surface area contributed by atoms with Crippen LogP contribution in [0.15, 0.2) is 24.3 Å². The van der Waals surface area contributed by atoms with Gasteiger partial charge in [-0.15, -0.1) is 0 Å². The molecular formula is C17H24ClNO. The van der Waals surface area contributed by atoms with Gasteiger partial charge in [-0.2, -0.15) is 0 Å². The third-order valence-electron chi connectivity index (χ3n) is 4.66. The van der Waals surface area contributed by atoms with Crippen LogP contribution < -0.4 is 0 Å². The van der Waals surface area contributed by atoms with E-state index in [1.807, 2.05) is 19.1 Å². The average Bonchev–Trinajstić information content (AvgIpc) is 2.46. The molecule has 0 amide bonds. The predicted octanol–water partition coefficient (Wildman–Crippen LogP) is 4.42. The van der Waals surface area contributed by atoms with Crippen molar-refractivity contribution in [1.29, 1.82) is 0 Å². The Morgan fingerprint density at radius 1 is 1.30 bits per heavy atom. The minimum absolute atomic E-state index is 0.0909. The molecule has 0 aromatic heterocycles. The van der Waals surface area contributed by atoms with Gasteiger partial charge in [0.15, 0.2) is 5.78 Å². The van der Waals surface area contributed by atoms with Gasteiger partial charge in [0.25, 0.3) is 0 Å². The number of carbonyl (C=O) groups is 1. The van der Waals surface area contributed by atoms with Crippen LogP contribution in [0.2, 0.25) is 5.02 Å². The molecule has 1 atom stereocenters. The summed E-state index contributed by atoms with van der Waals surface area (Å²) in [5, 5.41) is 0.622. The molecular weight excluding hydrogens is 270 g/mol. The normalized spacial score (nSPS) is 24.6. The molecule has 1 unspecified atom stereocenters. The van der Waals surface area contributed by atoms with Gasteiger partial charge in [0.1, 0.15) is 0 Å². The Morgan fingerprint density at radius 2 is 1.95 bits per heavy atom. The molecule has 0 bridgehead atoms. The number of Topliss-reactive ketones (excluding diaryl/α,β-unsaturated/α-hetero) is 1. The van der Waals surface area contributed by atoms with Crippen molar-refractivity contribution in [2.45, 2.75) is 51.6 Å². The second-order valence-electron chi connectivity index (χ2n) is 6.13. The van der Waals surface area contributed by atoms with Crippen LogP contribution >= 0.6 is 11.6 Å². The van der Waals surface area contributed by atoms with E-state index in [4.69, 9.17) is 11.6 Å². The molecule has 1 aromatic rings. The van der Waals surface area contributed by atoms with Crippen molar-refractivity contribution < 1.29 is 4.79 Å². The first-order valence-electron chi connectivity index (χ1n) is 7.50. The van der Waals surface area contributed by atoms with Gasteiger partial charge in [-0.05, 0) is 57.7 Å². The second-order valence-corrected chi connectivity index (χ2v) is 6.57. The molecule has 1 saturated carbocycles. The molecule has 0 N–H and O–H groups in total. The Morgan fingerprint density at radius 3 is 2.55 bits per heavy atom. The van der Waals surface area contributed by atoms with Gasteiger partial charge in [-0.3, -0.25) is 9.69 Å². The molecule has 0 saturated heterocycles. The first-order chi connectivity index (χ1) is 9.49. The van der Waals surface area contributed by atoms with E-state index in [1.165, 1.54) is 25.7 Å². The lowest BCUT2D eigenvalue weighted by Gasteiger charge is -2.36. The average molecular weight is 294 g/mol. The van der Waals surface area contributed by atoms with Crippen LogP contribution in [0.25, 0.3) is 0 Å². The van der Waals surface area contributed by atoms with E-state index in [1.54, 1.807) is 12.1 Å². The highest BCUT2D eigenvalue weighted by molar-refractivity contribution is 6.31. The fourth-order valence-corrected chi connectivity index (χ4v) is 3.22. The molecule has 0 heterocycles. The Balaban J connectivity index is 2.02. The predicted molar refractivity (Wildman–Crippen MR) is 84.4 cm³/mol. The van der Waals surface area contributed by atoms with Gasteiger partial charge >= 0.3 is 0 Å². The summed E-state index contributed by atoms with van der Waals surface area (Å²) in [7, 11) is 2.08. The maximum Gasteiger partial charge on any atom is 0.179 e. The molecule has 0 spiro atoms. The van der Waals surface area contributed by atoms with E-state index in [0.29, 0.717) is 16.6 Å². The second kappa shape index (κ2) is 6.73. The summed E-state index contributed by atoms with van der Waals surface area (Å²) in [6.45, 7) is 4.32. The van der Waals surface area contributed by atoms with E-state index >= 15 is 0 Å². The molecule has 0 radical (unpaired) electrons. The number of carbonyl (C=O) groups excluding carboxylic acids is 1. The van der Waals surface area contributed by atoms with Crippen LogP contribution in [0.1, 0.15) is 49.9 Å². The quantitative estimate of drug-likeness (QED) is 0.766. The molecule has 1 fully saturated rings. The Labute approximate surface area is 127 Å². The maximum absolute atomic E-state index is 12.5. The zero-order valence-corrected chi connectivity index (χ0v) is 13.4. The number of nitrogens with zero attached hydrogens (tertiary/aromatic N) is 1. The highest BCUT2D eigenvalue weighted by Crippen LogP contribution is 2.28. The molecule has 0 aliphatic heterocycles. The number of likely N-dealkylation sites (N-methyl/N-ethyl adjacent to an activating group) is 1. The molecule has 2 nitrogen and oxygen atoms in total. The van der Waals surface area contributed by atoms with Gasteiger partial charge < -0.3 is 0 Å². The summed E-state index contributed by atoms with van der Waals surface area (Å²) >= 11 is 5.97. The third-order valence-corrected chi connectivity index (χ3v) is 4.90. The van der Waals surface area contributed by atoms with Crippen molar-refractivity contribution in [2.24, 2.45) is 5.92 Å². The topological polar surface area (TPSA) is 20.3 Å². The van der Waals surface area contributed by atoms with Crippen molar-refractivity contribution in [3.8, 4) is 0 Å². The summed E-state index contributed by atoms with van der Waals surface area (Å²) in [4.78, 5) is 14.8. The third kappa shape index (κ3) is 3.62. The number of benzene rings is 1. The monoisotopic (exact) mass is 293 g/mol. The van der Waals surface area contributed by atoms with Crippen LogP contribution in [0.4, 0.5) is 0 Å². The smallest absolute Gasteiger partial charge is 0.179 e. The lowest BCUT2D eigenvalue weighted by atomic mass is 9.86. The van der Waals surface area contributed by atoms with Crippen LogP contribution in [-0.2, 0) is 0 Å². The van der Waals surface area contributed by atoms with Gasteiger partial charge in [-0.1, -0.05) is 30.7 Å². The van der Waals surface area contributed by atoms with Gasteiger partial charge in [0, 0.05) is 16.6 Å². The summed E-state index contributed by atoms with van der Waals surface area (Å²) in [6, 6.07) is 7.69. The maximum atomic E-state index is 12.5. The molecule has 3 heteroatoms. The van der Waals surface area contributed by atoms with Crippen LogP contribution in [0, 0.1) is 5.92 Å². The first kappa shape index (κ1) is 15.5. The fourth-order valence-electron chi connectivity index (χ4n) is 3.03. The van der Waals surface area contributed by atoms with Gasteiger partial charge in [-0.25, -0.2) is 0 Å². The van der Waals surface area contributed by atoms with Crippen molar-refractivity contribution in [3.05, 3.63) is 34.9 Å². The zero-order valence-electron chi connectivity index (χ0n) is 12.6. The van der Waals surface area contributed by atoms with E-state index in [2.05, 4.69) is 18.9 Å². The molecule has 20 heavy (non-hydrogen) atoms. The number of rotatable bonds is 4. The van der Waals surface area contributed by atoms with Crippen LogP contribution in [-0.4, -0.2) is 29.8 Å². The largest absolute Gasteiger partial charge is 0.294 e. The Bertz CT molecular complexity index is 466. The molecule has 1 aliphatic carbocycles. The standard InChI is InChI=1S/C17H24ClNO/c1-12-7-9-16(10-8-12)19(3)13(2)17(20)14-5-4-6-15(18)11-14/h4-6,11-13,16H,7-10H2,1-3H3. The van der Waals surface area contributed by atoms with Crippen LogP contribution in [0.5, 0.6) is 0 Å². The van der Waals surface area contributed by atoms with Crippen molar-refractivity contribution in [1.82, 2.24) is 4.90 Å². The SMILES string of the molecule is CC1CCC(N(C)C(C)C(=O)c2cccc(Cl)c2)CC1. The van der Waals surface area contributed by atoms with E-state index in [9.17, 15) is 4.79 Å². The minimum Gasteiger partial charge on any atom is -0.294 e. The first-order valence-corrected chi connectivity index (χ1v) is 7.88. The van der Waals surface area contributed by atoms with Crippen molar-refractivity contribution in [2.75, 3.05) is 7.05 Å². The van der Waals surface area contributed by atoms with Crippen molar-refractivity contribution >= 4 is 17.4 Å². The molecule has 110 valence electrons. The van der Waals surface area contributed by atoms with Crippen LogP contribution in [0.3, 0.4) is 0 Å². The van der Waals surface area contributed by atoms with Gasteiger partial charge in [0.2, 0.25) is 0 Å². The zero-order chi connectivity index (χ0) is 14.7. The fraction of sp³-hybridized carbons (Fsp3) is 0.588. The molecule has 1 aliphatic rings. The van der Waals surface area contributed by atoms with E-state index in [-0.39, 0.29) is 11.8 Å². The highest BCUT2D eigenvalue weighted by atomic mass is 35.5. The highest BCUT2D eigenvalue weighted by Gasteiger charge is 2.28. The number of hydrogen-bond donors (Lipinski definition) is 0. The summed E-state index contributed by atoms with van der Waals surface area (Å²) in [6.07, 6.45) is 4.94. The summed E-state index contributed by atoms with van der Waals surface area (Å²) in [5.74, 6) is 0.993. The number of halogens is 1. The van der Waals surface area contributed by atoms with Gasteiger partial charge in [0.05, 0.1) is 6.04 Å². The van der Waals surface area contributed by atoms with Crippen molar-refractivity contribution in [3.63, 3.8) is 0 Å².